The molecular formula is C29H43N3O6S. The molecule has 0 spiro atoms. The smallest absolute Gasteiger partial charge is 0.253 e. The number of nitrogens with one attached hydrogen (secondary N) is 2. The van der Waals surface area contributed by atoms with E-state index in [-0.39, 0.29) is 53.8 Å². The number of carbonyl (C=O) groups is 2. The minimum absolute atomic E-state index is 0.0212. The van der Waals surface area contributed by atoms with E-state index in [1.165, 1.54) is 23.8 Å². The van der Waals surface area contributed by atoms with E-state index in [9.17, 15) is 23.1 Å². The number of hydrogen-bond acceptors (Lipinski definition) is 7. The average molecular weight is 562 g/mol. The fraction of sp³-hybridized carbons (Fsp3) is 0.517. The Balaban J connectivity index is 2.15. The van der Waals surface area contributed by atoms with Crippen LogP contribution in [0.5, 0.6) is 0 Å². The summed E-state index contributed by atoms with van der Waals surface area (Å²) in [6.45, 7) is 7.49. The van der Waals surface area contributed by atoms with E-state index in [0.29, 0.717) is 19.6 Å². The summed E-state index contributed by atoms with van der Waals surface area (Å²) in [6.07, 6.45) is 1.59. The number of rotatable bonds is 17. The number of aliphatic hydroxyl groups is 2. The molecule has 39 heavy (non-hydrogen) atoms. The van der Waals surface area contributed by atoms with Crippen LogP contribution in [0.25, 0.3) is 0 Å². The lowest BCUT2D eigenvalue weighted by atomic mass is 10.1. The maximum atomic E-state index is 13.2. The maximum Gasteiger partial charge on any atom is 0.253 e. The Labute approximate surface area is 232 Å². The molecule has 1 atom stereocenters. The third kappa shape index (κ3) is 10.4. The minimum atomic E-state index is -3.83. The van der Waals surface area contributed by atoms with Crippen molar-refractivity contribution in [1.82, 2.24) is 15.5 Å². The summed E-state index contributed by atoms with van der Waals surface area (Å²) >= 11 is 0. The molecule has 2 aromatic carbocycles. The summed E-state index contributed by atoms with van der Waals surface area (Å²) in [7, 11) is -3.83. The number of aliphatic hydroxyl groups excluding tert-OH is 2. The second-order valence-corrected chi connectivity index (χ2v) is 11.7. The third-order valence-corrected chi connectivity index (χ3v) is 8.01. The summed E-state index contributed by atoms with van der Waals surface area (Å²) in [5, 5.41) is 25.3. The van der Waals surface area contributed by atoms with Crippen LogP contribution in [-0.4, -0.2) is 80.0 Å². The topological polar surface area (TPSA) is 136 Å². The van der Waals surface area contributed by atoms with Gasteiger partial charge in [-0.05, 0) is 55.0 Å². The minimum Gasteiger partial charge on any atom is -0.396 e. The van der Waals surface area contributed by atoms with E-state index in [2.05, 4.69) is 29.7 Å². The van der Waals surface area contributed by atoms with Crippen LogP contribution in [-0.2, 0) is 22.8 Å². The van der Waals surface area contributed by atoms with Crippen LogP contribution in [0, 0.1) is 0 Å². The number of benzene rings is 2. The molecule has 2 rings (SSSR count). The Hall–Kier alpha value is -2.79. The van der Waals surface area contributed by atoms with Gasteiger partial charge in [0.2, 0.25) is 0 Å². The van der Waals surface area contributed by atoms with Gasteiger partial charge in [-0.1, -0.05) is 45.0 Å². The van der Waals surface area contributed by atoms with Crippen LogP contribution in [0.3, 0.4) is 0 Å². The normalized spacial score (nSPS) is 12.2. The first-order valence-corrected chi connectivity index (χ1v) is 15.3. The van der Waals surface area contributed by atoms with Crippen molar-refractivity contribution in [2.75, 3.05) is 38.5 Å². The first-order chi connectivity index (χ1) is 18.6. The Morgan fingerprint density at radius 3 is 2.26 bits per heavy atom. The van der Waals surface area contributed by atoms with Crippen LogP contribution in [0.4, 0.5) is 0 Å². The van der Waals surface area contributed by atoms with E-state index in [0.717, 1.165) is 24.8 Å². The molecule has 2 amide bonds. The summed E-state index contributed by atoms with van der Waals surface area (Å²) < 4.78 is 25.8. The maximum absolute atomic E-state index is 13.2. The Kier molecular flexibility index (Phi) is 13.6. The van der Waals surface area contributed by atoms with Crippen LogP contribution in [0.1, 0.15) is 71.9 Å². The lowest BCUT2D eigenvalue weighted by molar-refractivity contribution is 0.0755. The van der Waals surface area contributed by atoms with E-state index in [1.54, 1.807) is 4.90 Å². The molecule has 216 valence electrons. The zero-order valence-corrected chi connectivity index (χ0v) is 24.1. The fourth-order valence-corrected chi connectivity index (χ4v) is 5.53. The standard InChI is InChI=1S/C29H43N3O6S/c1-4-11-32(12-5-2)29(36)25-16-24(17-27(18-25)39(37,38)14-8-13-33)28(35)31-21-26(34)20-30-19-23-10-7-9-22(6-3)15-23/h7,9-10,15-18,26,30,33-34H,4-6,8,11-14,19-21H2,1-3H3,(H,31,35)/t26-/m1/s1. The van der Waals surface area contributed by atoms with Gasteiger partial charge in [-0.3, -0.25) is 9.59 Å². The Bertz CT molecular complexity index is 1180. The monoisotopic (exact) mass is 561 g/mol. The van der Waals surface area contributed by atoms with Crippen LogP contribution in [0.2, 0.25) is 0 Å². The van der Waals surface area contributed by atoms with Crippen molar-refractivity contribution in [3.8, 4) is 0 Å². The zero-order chi connectivity index (χ0) is 28.8. The number of sulfone groups is 1. The number of amides is 2. The SMILES string of the molecule is CCCN(CCC)C(=O)c1cc(C(=O)NC[C@H](O)CNCc2cccc(CC)c2)cc(S(=O)(=O)CCCO)c1. The molecule has 0 heterocycles. The molecule has 0 radical (unpaired) electrons. The summed E-state index contributed by atoms with van der Waals surface area (Å²) in [4.78, 5) is 27.8. The molecule has 0 unspecified atom stereocenters. The first-order valence-electron chi connectivity index (χ1n) is 13.7. The molecule has 0 aliphatic heterocycles. The van der Waals surface area contributed by atoms with Crippen molar-refractivity contribution in [2.24, 2.45) is 0 Å². The lowest BCUT2D eigenvalue weighted by Gasteiger charge is -2.22. The lowest BCUT2D eigenvalue weighted by Crippen LogP contribution is -2.38. The highest BCUT2D eigenvalue weighted by atomic mass is 32.2. The first kappa shape index (κ1) is 32.4. The summed E-state index contributed by atoms with van der Waals surface area (Å²) in [6, 6.07) is 12.1. The highest BCUT2D eigenvalue weighted by Gasteiger charge is 2.23. The van der Waals surface area contributed by atoms with Gasteiger partial charge in [0.25, 0.3) is 11.8 Å². The molecule has 4 N–H and O–H groups in total. The number of aryl methyl sites for hydroxylation is 1. The quantitative estimate of drug-likeness (QED) is 0.233. The molecule has 9 nitrogen and oxygen atoms in total. The number of carbonyl (C=O) groups excluding carboxylic acids is 2. The van der Waals surface area contributed by atoms with E-state index < -0.39 is 21.8 Å². The van der Waals surface area contributed by atoms with Crippen LogP contribution < -0.4 is 10.6 Å². The van der Waals surface area contributed by atoms with Crippen molar-refractivity contribution < 1.29 is 28.2 Å². The molecule has 0 aromatic heterocycles. The van der Waals surface area contributed by atoms with Gasteiger partial charge in [-0.2, -0.15) is 0 Å². The van der Waals surface area contributed by atoms with E-state index in [1.807, 2.05) is 26.0 Å². The highest BCUT2D eigenvalue weighted by molar-refractivity contribution is 7.91. The van der Waals surface area contributed by atoms with Crippen LogP contribution in [0.15, 0.2) is 47.4 Å². The molecule has 2 aromatic rings. The number of hydrogen-bond donors (Lipinski definition) is 4. The van der Waals surface area contributed by atoms with Gasteiger partial charge in [0.05, 0.1) is 16.8 Å². The van der Waals surface area contributed by atoms with Gasteiger partial charge in [-0.25, -0.2) is 8.42 Å². The summed E-state index contributed by atoms with van der Waals surface area (Å²) in [5.41, 5.74) is 2.46. The van der Waals surface area contributed by atoms with Gasteiger partial charge in [0.15, 0.2) is 9.84 Å². The Morgan fingerprint density at radius 2 is 1.62 bits per heavy atom. The second kappa shape index (κ2) is 16.3. The van der Waals surface area contributed by atoms with Gasteiger partial charge in [0.1, 0.15) is 0 Å². The fourth-order valence-electron chi connectivity index (χ4n) is 4.17. The molecule has 0 fully saturated rings. The number of nitrogens with zero attached hydrogens (tertiary/aromatic N) is 1. The van der Waals surface area contributed by atoms with Gasteiger partial charge >= 0.3 is 0 Å². The van der Waals surface area contributed by atoms with Crippen molar-refractivity contribution in [1.29, 1.82) is 0 Å². The zero-order valence-electron chi connectivity index (χ0n) is 23.3. The molecule has 0 saturated carbocycles. The van der Waals surface area contributed by atoms with Gasteiger partial charge < -0.3 is 25.7 Å². The third-order valence-electron chi connectivity index (χ3n) is 6.23. The molecule has 0 bridgehead atoms. The van der Waals surface area contributed by atoms with E-state index in [4.69, 9.17) is 5.11 Å². The predicted molar refractivity (Wildman–Crippen MR) is 153 cm³/mol. The van der Waals surface area contributed by atoms with Crippen molar-refractivity contribution in [3.05, 3.63) is 64.7 Å². The molecule has 0 aliphatic rings. The van der Waals surface area contributed by atoms with Crippen molar-refractivity contribution in [2.45, 2.75) is 64.0 Å². The summed E-state index contributed by atoms with van der Waals surface area (Å²) in [5.74, 6) is -1.24. The van der Waals surface area contributed by atoms with E-state index >= 15 is 0 Å². The van der Waals surface area contributed by atoms with Gasteiger partial charge in [0, 0.05) is 50.5 Å². The van der Waals surface area contributed by atoms with Crippen LogP contribution >= 0.6 is 0 Å². The largest absolute Gasteiger partial charge is 0.396 e. The molecule has 0 aliphatic carbocycles. The molecule has 0 saturated heterocycles. The highest BCUT2D eigenvalue weighted by Crippen LogP contribution is 2.20. The molecule has 10 heteroatoms. The van der Waals surface area contributed by atoms with Gasteiger partial charge in [-0.15, -0.1) is 0 Å². The Morgan fingerprint density at radius 1 is 0.949 bits per heavy atom. The average Bonchev–Trinajstić information content (AvgIpc) is 2.94. The molecular weight excluding hydrogens is 518 g/mol. The van der Waals surface area contributed by atoms with Crippen molar-refractivity contribution >= 4 is 21.7 Å². The predicted octanol–water partition coefficient (Wildman–Crippen LogP) is 2.55. The van der Waals surface area contributed by atoms with Crippen molar-refractivity contribution in [3.63, 3.8) is 0 Å². The second-order valence-electron chi connectivity index (χ2n) is 9.60.